The number of rotatable bonds is 4. The Hall–Kier alpha value is -3.36. The fourth-order valence-corrected chi connectivity index (χ4v) is 3.46. The average Bonchev–Trinajstić information content (AvgIpc) is 3.14. The molecular formula is C21H15F2N3O2S. The van der Waals surface area contributed by atoms with Crippen molar-refractivity contribution >= 4 is 10.0 Å². The quantitative estimate of drug-likeness (QED) is 0.548. The molecule has 0 saturated carbocycles. The summed E-state index contributed by atoms with van der Waals surface area (Å²) in [6, 6.07) is 19.6. The van der Waals surface area contributed by atoms with Crippen LogP contribution in [0.2, 0.25) is 0 Å². The average molecular weight is 411 g/mol. The van der Waals surface area contributed by atoms with Gasteiger partial charge in [-0.3, -0.25) is 0 Å². The molecule has 146 valence electrons. The molecule has 0 bridgehead atoms. The van der Waals surface area contributed by atoms with Gasteiger partial charge < -0.3 is 0 Å². The summed E-state index contributed by atoms with van der Waals surface area (Å²) in [7, 11) is -3.82. The van der Waals surface area contributed by atoms with E-state index < -0.39 is 10.0 Å². The molecule has 5 nitrogen and oxygen atoms in total. The van der Waals surface area contributed by atoms with Crippen LogP contribution in [0.4, 0.5) is 8.78 Å². The van der Waals surface area contributed by atoms with Crippen LogP contribution in [0.15, 0.2) is 83.8 Å². The normalized spacial score (nSPS) is 11.6. The van der Waals surface area contributed by atoms with E-state index in [1.165, 1.54) is 36.4 Å². The molecule has 0 aliphatic carbocycles. The molecule has 0 aliphatic heterocycles. The van der Waals surface area contributed by atoms with E-state index in [4.69, 9.17) is 5.14 Å². The summed E-state index contributed by atoms with van der Waals surface area (Å²) in [6.45, 7) is 0. The molecule has 4 aromatic rings. The van der Waals surface area contributed by atoms with Gasteiger partial charge in [-0.25, -0.2) is 27.0 Å². The lowest BCUT2D eigenvalue weighted by Gasteiger charge is -2.08. The number of nitrogens with two attached hydrogens (primary N) is 1. The molecule has 0 fully saturated rings. The van der Waals surface area contributed by atoms with Gasteiger partial charge in [-0.2, -0.15) is 5.10 Å². The van der Waals surface area contributed by atoms with Gasteiger partial charge in [-0.05, 0) is 78.9 Å². The number of hydrogen-bond acceptors (Lipinski definition) is 3. The van der Waals surface area contributed by atoms with Crippen LogP contribution in [0.3, 0.4) is 0 Å². The zero-order chi connectivity index (χ0) is 20.6. The first-order valence-corrected chi connectivity index (χ1v) is 10.1. The number of aromatic nitrogens is 2. The van der Waals surface area contributed by atoms with Gasteiger partial charge in [-0.15, -0.1) is 0 Å². The maximum atomic E-state index is 13.4. The molecule has 0 atom stereocenters. The minimum Gasteiger partial charge on any atom is -0.232 e. The second-order valence-electron chi connectivity index (χ2n) is 6.38. The highest BCUT2D eigenvalue weighted by molar-refractivity contribution is 7.89. The second-order valence-corrected chi connectivity index (χ2v) is 7.94. The largest absolute Gasteiger partial charge is 0.238 e. The first-order valence-electron chi connectivity index (χ1n) is 8.56. The van der Waals surface area contributed by atoms with E-state index in [9.17, 15) is 17.2 Å². The molecule has 3 aromatic carbocycles. The molecule has 4 rings (SSSR count). The third-order valence-electron chi connectivity index (χ3n) is 4.40. The fraction of sp³-hybridized carbons (Fsp3) is 0. The Morgan fingerprint density at radius 2 is 1.28 bits per heavy atom. The predicted molar refractivity (Wildman–Crippen MR) is 106 cm³/mol. The highest BCUT2D eigenvalue weighted by Gasteiger charge is 2.15. The molecule has 1 heterocycles. The number of halogens is 2. The van der Waals surface area contributed by atoms with Gasteiger partial charge >= 0.3 is 0 Å². The summed E-state index contributed by atoms with van der Waals surface area (Å²) in [5.41, 5.74) is 3.25. The summed E-state index contributed by atoms with van der Waals surface area (Å²) in [4.78, 5) is -0.0181. The zero-order valence-electron chi connectivity index (χ0n) is 15.0. The van der Waals surface area contributed by atoms with Crippen molar-refractivity contribution in [2.24, 2.45) is 5.14 Å². The van der Waals surface area contributed by atoms with E-state index in [0.717, 1.165) is 0 Å². The molecule has 0 spiro atoms. The third kappa shape index (κ3) is 3.94. The van der Waals surface area contributed by atoms with Crippen LogP contribution >= 0.6 is 0 Å². The standard InChI is InChI=1S/C21H15F2N3O2S/c22-16-5-1-14(2-6-16)20-13-21(15-3-7-17(23)8-4-15)26(25-20)18-9-11-19(12-10-18)29(24,27)28/h1-13H,(H2,24,27,28). The van der Waals surface area contributed by atoms with Crippen LogP contribution in [-0.4, -0.2) is 18.2 Å². The van der Waals surface area contributed by atoms with Crippen molar-refractivity contribution in [1.82, 2.24) is 9.78 Å². The Morgan fingerprint density at radius 1 is 0.759 bits per heavy atom. The maximum Gasteiger partial charge on any atom is 0.238 e. The van der Waals surface area contributed by atoms with Gasteiger partial charge in [0.25, 0.3) is 0 Å². The highest BCUT2D eigenvalue weighted by Crippen LogP contribution is 2.29. The zero-order valence-corrected chi connectivity index (χ0v) is 15.8. The fourth-order valence-electron chi connectivity index (χ4n) is 2.94. The smallest absolute Gasteiger partial charge is 0.232 e. The van der Waals surface area contributed by atoms with Gasteiger partial charge in [0.1, 0.15) is 11.6 Å². The van der Waals surface area contributed by atoms with Gasteiger partial charge in [0, 0.05) is 11.1 Å². The maximum absolute atomic E-state index is 13.4. The van der Waals surface area contributed by atoms with E-state index in [0.29, 0.717) is 28.2 Å². The van der Waals surface area contributed by atoms with E-state index >= 15 is 0 Å². The Balaban J connectivity index is 1.86. The van der Waals surface area contributed by atoms with E-state index in [1.54, 1.807) is 47.1 Å². The molecule has 8 heteroatoms. The second kappa shape index (κ2) is 7.23. The van der Waals surface area contributed by atoms with Crippen molar-refractivity contribution in [2.45, 2.75) is 4.90 Å². The van der Waals surface area contributed by atoms with E-state index in [-0.39, 0.29) is 16.5 Å². The van der Waals surface area contributed by atoms with Gasteiger partial charge in [0.05, 0.1) is 22.0 Å². The van der Waals surface area contributed by atoms with Crippen LogP contribution in [0, 0.1) is 11.6 Å². The van der Waals surface area contributed by atoms with Crippen LogP contribution in [-0.2, 0) is 10.0 Å². The summed E-state index contributed by atoms with van der Waals surface area (Å²) in [5, 5.41) is 9.75. The molecule has 29 heavy (non-hydrogen) atoms. The van der Waals surface area contributed by atoms with Crippen molar-refractivity contribution in [3.8, 4) is 28.2 Å². The molecule has 0 amide bonds. The lowest BCUT2D eigenvalue weighted by molar-refractivity contribution is 0.597. The van der Waals surface area contributed by atoms with E-state index in [2.05, 4.69) is 5.10 Å². The van der Waals surface area contributed by atoms with Crippen LogP contribution in [0.25, 0.3) is 28.2 Å². The summed E-state index contributed by atoms with van der Waals surface area (Å²) >= 11 is 0. The number of hydrogen-bond donors (Lipinski definition) is 1. The predicted octanol–water partition coefficient (Wildman–Crippen LogP) is 4.13. The lowest BCUT2D eigenvalue weighted by Crippen LogP contribution is -2.12. The highest BCUT2D eigenvalue weighted by atomic mass is 32.2. The molecular weight excluding hydrogens is 396 g/mol. The van der Waals surface area contributed by atoms with Crippen molar-refractivity contribution in [1.29, 1.82) is 0 Å². The van der Waals surface area contributed by atoms with E-state index in [1.807, 2.05) is 0 Å². The van der Waals surface area contributed by atoms with Crippen molar-refractivity contribution in [3.63, 3.8) is 0 Å². The SMILES string of the molecule is NS(=O)(=O)c1ccc(-n2nc(-c3ccc(F)cc3)cc2-c2ccc(F)cc2)cc1. The lowest BCUT2D eigenvalue weighted by atomic mass is 10.1. The third-order valence-corrected chi connectivity index (χ3v) is 5.33. The first-order chi connectivity index (χ1) is 13.8. The Bertz CT molecular complexity index is 1270. The van der Waals surface area contributed by atoms with Crippen molar-refractivity contribution < 1.29 is 17.2 Å². The van der Waals surface area contributed by atoms with Gasteiger partial charge in [0.2, 0.25) is 10.0 Å². The number of benzene rings is 3. The summed E-state index contributed by atoms with van der Waals surface area (Å²) in [5.74, 6) is -0.721. The molecule has 0 saturated heterocycles. The minimum absolute atomic E-state index is 0.0181. The first kappa shape index (κ1) is 19.0. The Labute approximate surface area is 166 Å². The Kier molecular flexibility index (Phi) is 4.73. The van der Waals surface area contributed by atoms with Crippen LogP contribution in [0.1, 0.15) is 0 Å². The number of primary sulfonamides is 1. The number of sulfonamides is 1. The van der Waals surface area contributed by atoms with Crippen LogP contribution in [0.5, 0.6) is 0 Å². The van der Waals surface area contributed by atoms with Crippen molar-refractivity contribution in [2.75, 3.05) is 0 Å². The summed E-state index contributed by atoms with van der Waals surface area (Å²) in [6.07, 6.45) is 0. The topological polar surface area (TPSA) is 78.0 Å². The molecule has 0 aliphatic rings. The van der Waals surface area contributed by atoms with Crippen LogP contribution < -0.4 is 5.14 Å². The molecule has 0 unspecified atom stereocenters. The van der Waals surface area contributed by atoms with Crippen molar-refractivity contribution in [3.05, 3.63) is 90.5 Å². The summed E-state index contributed by atoms with van der Waals surface area (Å²) < 4.78 is 51.3. The van der Waals surface area contributed by atoms with Gasteiger partial charge in [-0.1, -0.05) is 0 Å². The minimum atomic E-state index is -3.82. The molecule has 2 N–H and O–H groups in total. The van der Waals surface area contributed by atoms with Gasteiger partial charge in [0.15, 0.2) is 0 Å². The molecule has 0 radical (unpaired) electrons. The Morgan fingerprint density at radius 3 is 1.79 bits per heavy atom. The monoisotopic (exact) mass is 411 g/mol. The molecule has 1 aromatic heterocycles. The number of nitrogens with zero attached hydrogens (tertiary/aromatic N) is 2.